The molecular formula is C25H28N6S2. The minimum Gasteiger partial charge on any atom is -0.353 e. The maximum absolute atomic E-state index is 5.16. The molecule has 8 heteroatoms. The van der Waals surface area contributed by atoms with Gasteiger partial charge < -0.3 is 4.90 Å². The number of thiazole rings is 1. The van der Waals surface area contributed by atoms with Crippen molar-refractivity contribution >= 4 is 38.7 Å². The van der Waals surface area contributed by atoms with Gasteiger partial charge in [-0.1, -0.05) is 6.92 Å². The first kappa shape index (κ1) is 21.1. The Morgan fingerprint density at radius 1 is 1.12 bits per heavy atom. The summed E-state index contributed by atoms with van der Waals surface area (Å²) in [6.45, 7) is 9.37. The zero-order chi connectivity index (χ0) is 22.4. The number of thiophene rings is 1. The van der Waals surface area contributed by atoms with Gasteiger partial charge in [0.1, 0.15) is 10.6 Å². The maximum atomic E-state index is 5.16. The first-order valence-electron chi connectivity index (χ1n) is 11.7. The summed E-state index contributed by atoms with van der Waals surface area (Å²) >= 11 is 3.62. The molecular weight excluding hydrogens is 448 g/mol. The summed E-state index contributed by atoms with van der Waals surface area (Å²) in [5, 5.41) is 4.64. The van der Waals surface area contributed by atoms with Gasteiger partial charge in [0.25, 0.3) is 0 Å². The number of hydrogen-bond acceptors (Lipinski definition) is 8. The van der Waals surface area contributed by atoms with Crippen LogP contribution in [0.15, 0.2) is 29.9 Å². The van der Waals surface area contributed by atoms with Crippen LogP contribution in [0.2, 0.25) is 0 Å². The quantitative estimate of drug-likeness (QED) is 0.415. The topological polar surface area (TPSA) is 58.0 Å². The molecule has 0 aromatic carbocycles. The average molecular weight is 477 g/mol. The molecule has 0 unspecified atom stereocenters. The molecule has 1 atom stereocenters. The molecule has 4 aromatic heterocycles. The van der Waals surface area contributed by atoms with Crippen molar-refractivity contribution in [2.75, 3.05) is 31.1 Å². The number of aromatic nitrogens is 4. The number of nitrogens with zero attached hydrogens (tertiary/aromatic N) is 6. The van der Waals surface area contributed by atoms with Crippen LogP contribution < -0.4 is 4.90 Å². The third-order valence-electron chi connectivity index (χ3n) is 6.78. The zero-order valence-electron chi connectivity index (χ0n) is 19.1. The Hall–Kier alpha value is -2.42. The first-order valence-corrected chi connectivity index (χ1v) is 13.4. The predicted octanol–water partition coefficient (Wildman–Crippen LogP) is 4.97. The van der Waals surface area contributed by atoms with Gasteiger partial charge in [0.05, 0.1) is 16.1 Å². The highest BCUT2D eigenvalue weighted by Crippen LogP contribution is 2.42. The molecule has 0 radical (unpaired) electrons. The van der Waals surface area contributed by atoms with E-state index in [2.05, 4.69) is 45.1 Å². The van der Waals surface area contributed by atoms with Crippen LogP contribution in [0.1, 0.15) is 34.5 Å². The fourth-order valence-electron chi connectivity index (χ4n) is 5.00. The molecule has 6 rings (SSSR count). The number of aryl methyl sites for hydroxylation is 2. The van der Waals surface area contributed by atoms with Gasteiger partial charge in [-0.25, -0.2) is 15.0 Å². The summed E-state index contributed by atoms with van der Waals surface area (Å²) in [5.41, 5.74) is 3.68. The van der Waals surface area contributed by atoms with Gasteiger partial charge >= 0.3 is 0 Å². The van der Waals surface area contributed by atoms with Crippen molar-refractivity contribution in [2.24, 2.45) is 5.92 Å². The van der Waals surface area contributed by atoms with E-state index < -0.39 is 0 Å². The van der Waals surface area contributed by atoms with E-state index in [-0.39, 0.29) is 0 Å². The van der Waals surface area contributed by atoms with E-state index in [4.69, 9.17) is 9.97 Å². The minimum atomic E-state index is 0.748. The highest BCUT2D eigenvalue weighted by Gasteiger charge is 2.28. The average Bonchev–Trinajstić information content (AvgIpc) is 3.41. The normalized spacial score (nSPS) is 19.2. The van der Waals surface area contributed by atoms with E-state index in [1.54, 1.807) is 17.5 Å². The number of piperazine rings is 1. The van der Waals surface area contributed by atoms with E-state index >= 15 is 0 Å². The van der Waals surface area contributed by atoms with Gasteiger partial charge in [-0.3, -0.25) is 9.88 Å². The van der Waals surface area contributed by atoms with E-state index in [9.17, 15) is 0 Å². The third kappa shape index (κ3) is 4.16. The smallest absolute Gasteiger partial charge is 0.164 e. The highest BCUT2D eigenvalue weighted by atomic mass is 32.1. The summed E-state index contributed by atoms with van der Waals surface area (Å²) in [5.74, 6) is 2.66. The van der Waals surface area contributed by atoms with Crippen molar-refractivity contribution in [3.05, 3.63) is 51.0 Å². The lowest BCUT2D eigenvalue weighted by Gasteiger charge is -2.35. The molecule has 2 aliphatic rings. The summed E-state index contributed by atoms with van der Waals surface area (Å²) < 4.78 is 0. The van der Waals surface area contributed by atoms with Gasteiger partial charge in [0.2, 0.25) is 0 Å². The van der Waals surface area contributed by atoms with Crippen LogP contribution in [0.25, 0.3) is 21.6 Å². The van der Waals surface area contributed by atoms with E-state index in [0.29, 0.717) is 0 Å². The van der Waals surface area contributed by atoms with Gasteiger partial charge in [-0.05, 0) is 49.8 Å². The lowest BCUT2D eigenvalue weighted by molar-refractivity contribution is 0.247. The second-order valence-electron chi connectivity index (χ2n) is 9.27. The predicted molar refractivity (Wildman–Crippen MR) is 136 cm³/mol. The Morgan fingerprint density at radius 3 is 2.76 bits per heavy atom. The number of rotatable bonds is 4. The molecule has 0 bridgehead atoms. The SMILES string of the molecule is Cc1nc(CN2CCN(c3nc(-c4cccnc4)nc4sc5c(c34)CC[C@H](C)C5)CC2)cs1. The zero-order valence-corrected chi connectivity index (χ0v) is 20.8. The van der Waals surface area contributed by atoms with Crippen LogP contribution in [0.4, 0.5) is 5.82 Å². The van der Waals surface area contributed by atoms with Crippen molar-refractivity contribution in [2.45, 2.75) is 39.7 Å². The van der Waals surface area contributed by atoms with E-state index in [1.807, 2.05) is 23.6 Å². The molecule has 6 nitrogen and oxygen atoms in total. The number of anilines is 1. The largest absolute Gasteiger partial charge is 0.353 e. The Morgan fingerprint density at radius 2 is 2.00 bits per heavy atom. The van der Waals surface area contributed by atoms with Crippen LogP contribution >= 0.6 is 22.7 Å². The fraction of sp³-hybridized carbons (Fsp3) is 0.440. The highest BCUT2D eigenvalue weighted by molar-refractivity contribution is 7.19. The second-order valence-corrected chi connectivity index (χ2v) is 11.4. The lowest BCUT2D eigenvalue weighted by Crippen LogP contribution is -2.46. The Bertz CT molecular complexity index is 1270. The Kier molecular flexibility index (Phi) is 5.60. The standard InChI is InChI=1S/C25H28N6S2/c1-16-5-6-20-21(12-16)33-25-22(20)24(28-23(29-25)18-4-3-7-26-13-18)31-10-8-30(9-11-31)14-19-15-32-17(2)27-19/h3-4,7,13,15-16H,5-6,8-12,14H2,1-2H3/t16-/m0/s1. The molecule has 33 heavy (non-hydrogen) atoms. The minimum absolute atomic E-state index is 0.748. The van der Waals surface area contributed by atoms with Crippen LogP contribution in [-0.2, 0) is 19.4 Å². The maximum Gasteiger partial charge on any atom is 0.164 e. The molecule has 0 saturated carbocycles. The van der Waals surface area contributed by atoms with Gasteiger partial charge in [0.15, 0.2) is 5.82 Å². The summed E-state index contributed by atoms with van der Waals surface area (Å²) in [4.78, 5) is 26.8. The molecule has 1 aliphatic heterocycles. The van der Waals surface area contributed by atoms with Crippen molar-refractivity contribution in [1.29, 1.82) is 0 Å². The molecule has 0 amide bonds. The number of pyridine rings is 1. The molecule has 170 valence electrons. The Labute approximate surface area is 202 Å². The fourth-order valence-corrected chi connectivity index (χ4v) is 6.98. The third-order valence-corrected chi connectivity index (χ3v) is 8.75. The van der Waals surface area contributed by atoms with Gasteiger partial charge in [0, 0.05) is 60.9 Å². The molecule has 1 saturated heterocycles. The molecule has 0 spiro atoms. The lowest BCUT2D eigenvalue weighted by atomic mass is 9.89. The van der Waals surface area contributed by atoms with Crippen molar-refractivity contribution in [3.63, 3.8) is 0 Å². The summed E-state index contributed by atoms with van der Waals surface area (Å²) in [6, 6.07) is 4.02. The number of hydrogen-bond donors (Lipinski definition) is 0. The van der Waals surface area contributed by atoms with Crippen LogP contribution in [0, 0.1) is 12.8 Å². The first-order chi connectivity index (χ1) is 16.1. The van der Waals surface area contributed by atoms with Crippen LogP contribution in [-0.4, -0.2) is 51.0 Å². The molecule has 1 aliphatic carbocycles. The van der Waals surface area contributed by atoms with Gasteiger partial charge in [-0.15, -0.1) is 22.7 Å². The van der Waals surface area contributed by atoms with Crippen molar-refractivity contribution in [1.82, 2.24) is 24.8 Å². The Balaban J connectivity index is 1.34. The molecule has 5 heterocycles. The van der Waals surface area contributed by atoms with Crippen LogP contribution in [0.5, 0.6) is 0 Å². The van der Waals surface area contributed by atoms with Crippen LogP contribution in [0.3, 0.4) is 0 Å². The van der Waals surface area contributed by atoms with Crippen molar-refractivity contribution < 1.29 is 0 Å². The summed E-state index contributed by atoms with van der Waals surface area (Å²) in [6.07, 6.45) is 7.23. The van der Waals surface area contributed by atoms with Gasteiger partial charge in [-0.2, -0.15) is 0 Å². The molecule has 1 fully saturated rings. The monoisotopic (exact) mass is 476 g/mol. The molecule has 0 N–H and O–H groups in total. The number of fused-ring (bicyclic) bond motifs is 3. The molecule has 4 aromatic rings. The van der Waals surface area contributed by atoms with E-state index in [1.165, 1.54) is 34.4 Å². The van der Waals surface area contributed by atoms with Crippen molar-refractivity contribution in [3.8, 4) is 11.4 Å². The second kappa shape index (κ2) is 8.74. The van der Waals surface area contributed by atoms with E-state index in [0.717, 1.165) is 72.1 Å². The summed E-state index contributed by atoms with van der Waals surface area (Å²) in [7, 11) is 0.